The van der Waals surface area contributed by atoms with Gasteiger partial charge >= 0.3 is 16.4 Å². The van der Waals surface area contributed by atoms with Crippen molar-refractivity contribution in [2.75, 3.05) is 26.4 Å². The SMILES string of the molecule is CCCCC/C=C\C/C=C\CCCCCCCC(=O)OC(COCCCCCCCCCCCCCCC)COC1OC(CO)C(O)C(OS(=O)(=O)O)C1O. The summed E-state index contributed by atoms with van der Waals surface area (Å²) in [5, 5.41) is 30.6. The fraction of sp³-hybridized carbons (Fsp3) is 0.881. The summed E-state index contributed by atoms with van der Waals surface area (Å²) >= 11 is 0. The molecule has 1 aliphatic rings. The average Bonchev–Trinajstić information content (AvgIpc) is 3.15. The van der Waals surface area contributed by atoms with Crippen molar-refractivity contribution in [3.05, 3.63) is 24.3 Å². The van der Waals surface area contributed by atoms with Gasteiger partial charge in [0.05, 0.1) is 19.8 Å². The molecule has 55 heavy (non-hydrogen) atoms. The minimum atomic E-state index is -5.06. The number of allylic oxidation sites excluding steroid dienone is 4. The summed E-state index contributed by atoms with van der Waals surface area (Å²) in [5.41, 5.74) is 0. The smallest absolute Gasteiger partial charge is 0.397 e. The van der Waals surface area contributed by atoms with Gasteiger partial charge in [0.1, 0.15) is 30.5 Å². The van der Waals surface area contributed by atoms with E-state index >= 15 is 0 Å². The van der Waals surface area contributed by atoms with E-state index in [9.17, 15) is 28.5 Å². The number of aliphatic hydroxyl groups is 3. The van der Waals surface area contributed by atoms with Crippen LogP contribution < -0.4 is 0 Å². The van der Waals surface area contributed by atoms with E-state index in [1.165, 1.54) is 83.5 Å². The van der Waals surface area contributed by atoms with Crippen molar-refractivity contribution in [1.82, 2.24) is 0 Å². The molecule has 324 valence electrons. The lowest BCUT2D eigenvalue weighted by atomic mass is 9.99. The molecule has 0 bridgehead atoms. The number of rotatable bonds is 37. The van der Waals surface area contributed by atoms with Crippen molar-refractivity contribution < 1.29 is 56.2 Å². The number of unbranched alkanes of at least 4 members (excludes halogenated alkanes) is 20. The highest BCUT2D eigenvalue weighted by atomic mass is 32.3. The van der Waals surface area contributed by atoms with Gasteiger partial charge in [0.2, 0.25) is 0 Å². The molecular formula is C42H78O12S. The molecular weight excluding hydrogens is 729 g/mol. The highest BCUT2D eigenvalue weighted by molar-refractivity contribution is 7.80. The van der Waals surface area contributed by atoms with E-state index in [1.54, 1.807) is 0 Å². The van der Waals surface area contributed by atoms with Gasteiger partial charge in [-0.05, 0) is 44.9 Å². The molecule has 0 aromatic heterocycles. The second kappa shape index (κ2) is 34.6. The molecule has 6 atom stereocenters. The number of hydrogen-bond donors (Lipinski definition) is 4. The molecule has 0 amide bonds. The Balaban J connectivity index is 2.47. The van der Waals surface area contributed by atoms with Crippen LogP contribution in [0.2, 0.25) is 0 Å². The van der Waals surface area contributed by atoms with Crippen molar-refractivity contribution in [2.45, 2.75) is 211 Å². The van der Waals surface area contributed by atoms with Crippen LogP contribution in [-0.4, -0.2) is 97.5 Å². The van der Waals surface area contributed by atoms with Crippen LogP contribution in [-0.2, 0) is 38.3 Å². The molecule has 12 nitrogen and oxygen atoms in total. The number of ether oxygens (including phenoxy) is 4. The van der Waals surface area contributed by atoms with E-state index in [0.29, 0.717) is 13.0 Å². The first-order valence-corrected chi connectivity index (χ1v) is 23.0. The third kappa shape index (κ3) is 28.6. The standard InChI is InChI=1S/C42H78O12S/c1-3-5-7-9-11-13-15-17-18-19-21-23-25-27-29-31-38(44)52-36(34-50-32-30-28-26-24-22-20-16-14-12-10-8-6-4-2)35-51-42-40(46)41(54-55(47,48)49)39(45)37(33-43)53-42/h11,13,17-18,36-37,39-43,45-46H,3-10,12,14-16,19-35H2,1-2H3,(H,47,48,49)/b13-11-,18-17-. The minimum Gasteiger partial charge on any atom is -0.457 e. The third-order valence-electron chi connectivity index (χ3n) is 9.83. The van der Waals surface area contributed by atoms with Gasteiger partial charge in [-0.15, -0.1) is 0 Å². The van der Waals surface area contributed by atoms with Crippen LogP contribution in [0.25, 0.3) is 0 Å². The molecule has 6 unspecified atom stereocenters. The van der Waals surface area contributed by atoms with Crippen molar-refractivity contribution in [1.29, 1.82) is 0 Å². The summed E-state index contributed by atoms with van der Waals surface area (Å²) in [6.07, 6.45) is 27.8. The van der Waals surface area contributed by atoms with Crippen molar-refractivity contribution >= 4 is 16.4 Å². The predicted molar refractivity (Wildman–Crippen MR) is 216 cm³/mol. The summed E-state index contributed by atoms with van der Waals surface area (Å²) in [4.78, 5) is 12.8. The molecule has 0 radical (unpaired) electrons. The topological polar surface area (TPSA) is 178 Å². The van der Waals surface area contributed by atoms with Gasteiger partial charge in [-0.1, -0.05) is 147 Å². The van der Waals surface area contributed by atoms with Gasteiger partial charge in [-0.25, -0.2) is 4.18 Å². The Labute approximate surface area is 333 Å². The van der Waals surface area contributed by atoms with Crippen LogP contribution in [0.3, 0.4) is 0 Å². The number of aliphatic hydroxyl groups excluding tert-OH is 3. The minimum absolute atomic E-state index is 0.0337. The second-order valence-corrected chi connectivity index (χ2v) is 16.0. The van der Waals surface area contributed by atoms with Gasteiger partial charge in [-0.2, -0.15) is 8.42 Å². The Morgan fingerprint density at radius 2 is 1.20 bits per heavy atom. The zero-order valence-corrected chi connectivity index (χ0v) is 35.1. The van der Waals surface area contributed by atoms with E-state index in [1.807, 2.05) is 0 Å². The largest absolute Gasteiger partial charge is 0.457 e. The second-order valence-electron chi connectivity index (χ2n) is 14.9. The highest BCUT2D eigenvalue weighted by Gasteiger charge is 2.48. The zero-order chi connectivity index (χ0) is 40.4. The molecule has 0 spiro atoms. The first-order valence-electron chi connectivity index (χ1n) is 21.6. The van der Waals surface area contributed by atoms with Crippen LogP contribution in [0.4, 0.5) is 0 Å². The van der Waals surface area contributed by atoms with E-state index in [2.05, 4.69) is 42.3 Å². The monoisotopic (exact) mass is 807 g/mol. The van der Waals surface area contributed by atoms with Crippen molar-refractivity contribution in [2.24, 2.45) is 0 Å². The molecule has 1 fully saturated rings. The highest BCUT2D eigenvalue weighted by Crippen LogP contribution is 2.26. The lowest BCUT2D eigenvalue weighted by Crippen LogP contribution is -2.60. The van der Waals surface area contributed by atoms with E-state index in [-0.39, 0.29) is 19.6 Å². The van der Waals surface area contributed by atoms with Gasteiger partial charge in [0.15, 0.2) is 6.29 Å². The zero-order valence-electron chi connectivity index (χ0n) is 34.2. The Morgan fingerprint density at radius 3 is 1.76 bits per heavy atom. The van der Waals surface area contributed by atoms with Gasteiger partial charge in [-0.3, -0.25) is 9.35 Å². The first-order chi connectivity index (χ1) is 26.6. The normalized spacial score (nSPS) is 21.2. The Kier molecular flexibility index (Phi) is 32.5. The Hall–Kier alpha value is -1.42. The molecule has 1 saturated heterocycles. The fourth-order valence-electron chi connectivity index (χ4n) is 6.53. The number of esters is 1. The lowest BCUT2D eigenvalue weighted by molar-refractivity contribution is -0.301. The van der Waals surface area contributed by atoms with Crippen molar-refractivity contribution in [3.63, 3.8) is 0 Å². The summed E-state index contributed by atoms with van der Waals surface area (Å²) < 4.78 is 58.9. The van der Waals surface area contributed by atoms with E-state index < -0.39 is 59.8 Å². The lowest BCUT2D eigenvalue weighted by Gasteiger charge is -2.41. The molecule has 13 heteroatoms. The Bertz CT molecular complexity index is 1070. The van der Waals surface area contributed by atoms with Crippen LogP contribution in [0.1, 0.15) is 174 Å². The van der Waals surface area contributed by atoms with E-state index in [4.69, 9.17) is 23.5 Å². The first kappa shape index (κ1) is 51.6. The molecule has 4 N–H and O–H groups in total. The third-order valence-corrected chi connectivity index (χ3v) is 10.3. The molecule has 1 heterocycles. The average molecular weight is 807 g/mol. The number of hydrogen-bond acceptors (Lipinski definition) is 11. The van der Waals surface area contributed by atoms with Crippen molar-refractivity contribution in [3.8, 4) is 0 Å². The van der Waals surface area contributed by atoms with Crippen LogP contribution in [0.5, 0.6) is 0 Å². The van der Waals surface area contributed by atoms with Gasteiger partial charge < -0.3 is 34.3 Å². The van der Waals surface area contributed by atoms with Gasteiger partial charge in [0.25, 0.3) is 0 Å². The Morgan fingerprint density at radius 1 is 0.691 bits per heavy atom. The molecule has 0 aromatic carbocycles. The number of carbonyl (C=O) groups excluding carboxylic acids is 1. The summed E-state index contributed by atoms with van der Waals surface area (Å²) in [7, 11) is -5.06. The van der Waals surface area contributed by atoms with Gasteiger partial charge in [0, 0.05) is 13.0 Å². The summed E-state index contributed by atoms with van der Waals surface area (Å²) in [6.45, 7) is 3.95. The maximum atomic E-state index is 12.8. The van der Waals surface area contributed by atoms with Crippen LogP contribution >= 0.6 is 0 Å². The molecule has 0 aromatic rings. The van der Waals surface area contributed by atoms with E-state index in [0.717, 1.165) is 64.2 Å². The number of carbonyl (C=O) groups is 1. The quantitative estimate of drug-likeness (QED) is 0.0204. The summed E-state index contributed by atoms with van der Waals surface area (Å²) in [5.74, 6) is -0.412. The van der Waals surface area contributed by atoms with Crippen LogP contribution in [0, 0.1) is 0 Å². The molecule has 0 aliphatic carbocycles. The van der Waals surface area contributed by atoms with Crippen LogP contribution in [0.15, 0.2) is 24.3 Å². The predicted octanol–water partition coefficient (Wildman–Crippen LogP) is 8.46. The fourth-order valence-corrected chi connectivity index (χ4v) is 7.03. The maximum Gasteiger partial charge on any atom is 0.397 e. The molecule has 0 saturated carbocycles. The molecule has 1 rings (SSSR count). The maximum absolute atomic E-state index is 12.8. The molecule has 1 aliphatic heterocycles. The summed E-state index contributed by atoms with van der Waals surface area (Å²) in [6, 6.07) is 0.